The Morgan fingerprint density at radius 2 is 2.47 bits per heavy atom. The molecule has 1 aliphatic rings. The number of aromatic nitrogens is 3. The zero-order chi connectivity index (χ0) is 13.5. The molecule has 0 unspecified atom stereocenters. The predicted octanol–water partition coefficient (Wildman–Crippen LogP) is -0.00920. The number of H-pyrrole nitrogens is 1. The van der Waals surface area contributed by atoms with E-state index in [1.54, 1.807) is 0 Å². The van der Waals surface area contributed by atoms with E-state index in [4.69, 9.17) is 9.47 Å². The summed E-state index contributed by atoms with van der Waals surface area (Å²) in [6.45, 7) is 4.23. The number of amides is 1. The number of carbonyl (C=O) groups is 1. The quantitative estimate of drug-likeness (QED) is 0.715. The second kappa shape index (κ2) is 7.46. The summed E-state index contributed by atoms with van der Waals surface area (Å²) in [6, 6.07) is 0. The van der Waals surface area contributed by atoms with Crippen LogP contribution in [0.3, 0.4) is 0 Å². The van der Waals surface area contributed by atoms with E-state index in [9.17, 15) is 4.79 Å². The van der Waals surface area contributed by atoms with Gasteiger partial charge in [-0.15, -0.1) is 5.10 Å². The molecule has 2 rings (SSSR count). The van der Waals surface area contributed by atoms with Gasteiger partial charge in [-0.2, -0.15) is 0 Å². The molecule has 1 atom stereocenters. The van der Waals surface area contributed by atoms with Crippen molar-refractivity contribution in [2.24, 2.45) is 0 Å². The molecule has 1 amide bonds. The van der Waals surface area contributed by atoms with Gasteiger partial charge in [0.25, 0.3) is 0 Å². The molecule has 0 aromatic carbocycles. The average molecular weight is 286 g/mol. The highest BCUT2D eigenvalue weighted by Gasteiger charge is 2.15. The van der Waals surface area contributed by atoms with Crippen molar-refractivity contribution in [2.75, 3.05) is 32.1 Å². The Hall–Kier alpha value is -1.12. The molecule has 106 valence electrons. The van der Waals surface area contributed by atoms with E-state index in [0.29, 0.717) is 37.3 Å². The molecule has 1 aromatic heterocycles. The lowest BCUT2D eigenvalue weighted by atomic mass is 10.3. The van der Waals surface area contributed by atoms with Crippen molar-refractivity contribution in [3.05, 3.63) is 5.82 Å². The third kappa shape index (κ3) is 4.81. The standard InChI is InChI=1S/C11H18N4O3S/c1-2-9-13-11(15-14-9)19-7-10(16)12-5-8-6-17-3-4-18-8/h8H,2-7H2,1H3,(H,12,16)(H,13,14,15)/t8-/m1/s1. The summed E-state index contributed by atoms with van der Waals surface area (Å²) in [6.07, 6.45) is 0.761. The maximum atomic E-state index is 11.6. The first-order chi connectivity index (χ1) is 9.28. The van der Waals surface area contributed by atoms with Crippen LogP contribution in [0.4, 0.5) is 0 Å². The first kappa shape index (κ1) is 14.3. The summed E-state index contributed by atoms with van der Waals surface area (Å²) in [5.41, 5.74) is 0. The first-order valence-corrected chi connectivity index (χ1v) is 7.26. The zero-order valence-corrected chi connectivity index (χ0v) is 11.7. The normalized spacial score (nSPS) is 19.3. The number of aryl methyl sites for hydroxylation is 1. The molecule has 0 saturated carbocycles. The Morgan fingerprint density at radius 3 is 3.16 bits per heavy atom. The highest BCUT2D eigenvalue weighted by molar-refractivity contribution is 7.99. The minimum absolute atomic E-state index is 0.0436. The van der Waals surface area contributed by atoms with Crippen molar-refractivity contribution in [1.29, 1.82) is 0 Å². The third-order valence-corrected chi connectivity index (χ3v) is 3.44. The first-order valence-electron chi connectivity index (χ1n) is 6.28. The van der Waals surface area contributed by atoms with Gasteiger partial charge in [-0.1, -0.05) is 18.7 Å². The smallest absolute Gasteiger partial charge is 0.230 e. The molecule has 1 aliphatic heterocycles. The monoisotopic (exact) mass is 286 g/mol. The molecule has 2 heterocycles. The topological polar surface area (TPSA) is 89.1 Å². The SMILES string of the molecule is CCc1nc(SCC(=O)NC[C@@H]2COCCO2)n[nH]1. The Balaban J connectivity index is 1.63. The Kier molecular flexibility index (Phi) is 5.62. The van der Waals surface area contributed by atoms with Crippen LogP contribution in [0.1, 0.15) is 12.7 Å². The van der Waals surface area contributed by atoms with Gasteiger partial charge in [0.1, 0.15) is 5.82 Å². The highest BCUT2D eigenvalue weighted by atomic mass is 32.2. The van der Waals surface area contributed by atoms with Gasteiger partial charge >= 0.3 is 0 Å². The minimum atomic E-state index is -0.0537. The van der Waals surface area contributed by atoms with Crippen LogP contribution in [-0.2, 0) is 20.7 Å². The van der Waals surface area contributed by atoms with Gasteiger partial charge in [-0.3, -0.25) is 9.89 Å². The molecule has 0 aliphatic carbocycles. The lowest BCUT2D eigenvalue weighted by Gasteiger charge is -2.22. The van der Waals surface area contributed by atoms with E-state index in [0.717, 1.165) is 12.2 Å². The summed E-state index contributed by atoms with van der Waals surface area (Å²) in [5, 5.41) is 10.2. The predicted molar refractivity (Wildman–Crippen MR) is 70.1 cm³/mol. The molecular weight excluding hydrogens is 268 g/mol. The molecule has 19 heavy (non-hydrogen) atoms. The second-order valence-corrected chi connectivity index (χ2v) is 5.02. The molecular formula is C11H18N4O3S. The summed E-state index contributed by atoms with van der Waals surface area (Å²) < 4.78 is 10.7. The Labute approximate surface area is 115 Å². The Bertz CT molecular complexity index is 406. The van der Waals surface area contributed by atoms with Crippen LogP contribution < -0.4 is 5.32 Å². The number of ether oxygens (including phenoxy) is 2. The summed E-state index contributed by atoms with van der Waals surface area (Å²) in [4.78, 5) is 15.9. The van der Waals surface area contributed by atoms with Crippen molar-refractivity contribution in [2.45, 2.75) is 24.6 Å². The van der Waals surface area contributed by atoms with Crippen molar-refractivity contribution in [3.63, 3.8) is 0 Å². The highest BCUT2D eigenvalue weighted by Crippen LogP contribution is 2.11. The van der Waals surface area contributed by atoms with Crippen molar-refractivity contribution >= 4 is 17.7 Å². The van der Waals surface area contributed by atoms with Gasteiger partial charge in [-0.25, -0.2) is 4.98 Å². The van der Waals surface area contributed by atoms with Crippen LogP contribution in [0.2, 0.25) is 0 Å². The fourth-order valence-electron chi connectivity index (χ4n) is 1.56. The van der Waals surface area contributed by atoms with Gasteiger partial charge in [0.2, 0.25) is 11.1 Å². The summed E-state index contributed by atoms with van der Waals surface area (Å²) in [7, 11) is 0. The van der Waals surface area contributed by atoms with Gasteiger partial charge in [0, 0.05) is 13.0 Å². The molecule has 7 nitrogen and oxygen atoms in total. The number of hydrogen-bond acceptors (Lipinski definition) is 6. The molecule has 0 bridgehead atoms. The van der Waals surface area contributed by atoms with Crippen molar-refractivity contribution in [3.8, 4) is 0 Å². The molecule has 1 aromatic rings. The zero-order valence-electron chi connectivity index (χ0n) is 10.8. The van der Waals surface area contributed by atoms with Crippen LogP contribution in [0.15, 0.2) is 5.16 Å². The number of carbonyl (C=O) groups excluding carboxylic acids is 1. The van der Waals surface area contributed by atoms with E-state index < -0.39 is 0 Å². The lowest BCUT2D eigenvalue weighted by molar-refractivity contribution is -0.121. The van der Waals surface area contributed by atoms with E-state index in [1.165, 1.54) is 11.8 Å². The maximum absolute atomic E-state index is 11.6. The van der Waals surface area contributed by atoms with Crippen LogP contribution in [-0.4, -0.2) is 59.3 Å². The maximum Gasteiger partial charge on any atom is 0.230 e. The molecule has 2 N–H and O–H groups in total. The van der Waals surface area contributed by atoms with E-state index in [1.807, 2.05) is 6.92 Å². The van der Waals surface area contributed by atoms with Gasteiger partial charge in [-0.05, 0) is 0 Å². The number of rotatable bonds is 6. The van der Waals surface area contributed by atoms with Crippen LogP contribution in [0.25, 0.3) is 0 Å². The van der Waals surface area contributed by atoms with Crippen LogP contribution >= 0.6 is 11.8 Å². The number of aromatic amines is 1. The second-order valence-electron chi connectivity index (χ2n) is 4.08. The summed E-state index contributed by atoms with van der Waals surface area (Å²) >= 11 is 1.31. The number of thioether (sulfide) groups is 1. The van der Waals surface area contributed by atoms with Crippen molar-refractivity contribution < 1.29 is 14.3 Å². The summed E-state index contributed by atoms with van der Waals surface area (Å²) in [5.74, 6) is 1.08. The molecule has 1 saturated heterocycles. The van der Waals surface area contributed by atoms with Crippen LogP contribution in [0.5, 0.6) is 0 Å². The fourth-order valence-corrected chi connectivity index (χ4v) is 2.21. The average Bonchev–Trinajstić information content (AvgIpc) is 2.92. The molecule has 8 heteroatoms. The third-order valence-electron chi connectivity index (χ3n) is 2.59. The van der Waals surface area contributed by atoms with Gasteiger partial charge in [0.15, 0.2) is 0 Å². The number of nitrogens with zero attached hydrogens (tertiary/aromatic N) is 2. The van der Waals surface area contributed by atoms with Gasteiger partial charge in [0.05, 0.1) is 31.7 Å². The van der Waals surface area contributed by atoms with E-state index in [2.05, 4.69) is 20.5 Å². The largest absolute Gasteiger partial charge is 0.376 e. The van der Waals surface area contributed by atoms with E-state index >= 15 is 0 Å². The molecule has 0 spiro atoms. The molecule has 0 radical (unpaired) electrons. The fraction of sp³-hybridized carbons (Fsp3) is 0.727. The minimum Gasteiger partial charge on any atom is -0.376 e. The lowest BCUT2D eigenvalue weighted by Crippen LogP contribution is -2.40. The Morgan fingerprint density at radius 1 is 1.58 bits per heavy atom. The van der Waals surface area contributed by atoms with Crippen molar-refractivity contribution in [1.82, 2.24) is 20.5 Å². The van der Waals surface area contributed by atoms with Crippen LogP contribution in [0, 0.1) is 0 Å². The molecule has 1 fully saturated rings. The number of hydrogen-bond donors (Lipinski definition) is 2. The number of nitrogens with one attached hydrogen (secondary N) is 2. The van der Waals surface area contributed by atoms with Gasteiger partial charge < -0.3 is 14.8 Å². The van der Waals surface area contributed by atoms with E-state index in [-0.39, 0.29) is 12.0 Å².